The van der Waals surface area contributed by atoms with Gasteiger partial charge in [-0.25, -0.2) is 14.8 Å². The minimum atomic E-state index is -4.40. The Morgan fingerprint density at radius 1 is 1.03 bits per heavy atom. The van der Waals surface area contributed by atoms with E-state index in [0.717, 1.165) is 22.2 Å². The van der Waals surface area contributed by atoms with Crippen molar-refractivity contribution in [1.82, 2.24) is 14.9 Å². The number of amides is 1. The first-order valence-electron chi connectivity index (χ1n) is 12.4. The summed E-state index contributed by atoms with van der Waals surface area (Å²) < 4.78 is 45.6. The number of benzene rings is 2. The first kappa shape index (κ1) is 27.9. The van der Waals surface area contributed by atoms with Crippen LogP contribution >= 0.6 is 15.9 Å². The summed E-state index contributed by atoms with van der Waals surface area (Å²) in [5.74, 6) is 0.487. The number of hydrogen-bond acceptors (Lipinski definition) is 5. The number of rotatable bonds is 5. The van der Waals surface area contributed by atoms with Crippen LogP contribution in [0.2, 0.25) is 0 Å². The van der Waals surface area contributed by atoms with Crippen molar-refractivity contribution < 1.29 is 22.7 Å². The Labute approximate surface area is 229 Å². The van der Waals surface area contributed by atoms with E-state index in [1.54, 1.807) is 17.2 Å². The molecule has 0 radical (unpaired) electrons. The molecule has 1 amide bonds. The second-order valence-corrected chi connectivity index (χ2v) is 11.2. The summed E-state index contributed by atoms with van der Waals surface area (Å²) in [5, 5.41) is 0. The smallest absolute Gasteiger partial charge is 0.416 e. The van der Waals surface area contributed by atoms with E-state index in [9.17, 15) is 18.0 Å². The fourth-order valence-electron chi connectivity index (χ4n) is 4.31. The SMILES string of the molecule is CC(C)(C)OC(=O)N1CCC(N(Cc2ccc(Br)cc2)c2nccc(-c3ccc(C(F)(F)F)cc3)n2)CC1. The molecular formula is C28H30BrF3N4O2. The molecule has 6 nitrogen and oxygen atoms in total. The average molecular weight is 591 g/mol. The van der Waals surface area contributed by atoms with Gasteiger partial charge in [-0.2, -0.15) is 13.2 Å². The van der Waals surface area contributed by atoms with Crippen molar-refractivity contribution in [3.05, 3.63) is 76.4 Å². The Balaban J connectivity index is 1.58. The Bertz CT molecular complexity index is 1240. The van der Waals surface area contributed by atoms with E-state index in [1.165, 1.54) is 12.1 Å². The molecule has 0 bridgehead atoms. The van der Waals surface area contributed by atoms with Crippen LogP contribution in [-0.4, -0.2) is 45.7 Å². The molecule has 2 heterocycles. The van der Waals surface area contributed by atoms with Crippen LogP contribution in [0.3, 0.4) is 0 Å². The van der Waals surface area contributed by atoms with Crippen LogP contribution in [0.1, 0.15) is 44.7 Å². The summed E-state index contributed by atoms with van der Waals surface area (Å²) in [6.07, 6.45) is -1.70. The molecule has 4 rings (SSSR count). The lowest BCUT2D eigenvalue weighted by molar-refractivity contribution is -0.137. The quantitative estimate of drug-likeness (QED) is 0.311. The van der Waals surface area contributed by atoms with Crippen LogP contribution in [0, 0.1) is 0 Å². The highest BCUT2D eigenvalue weighted by atomic mass is 79.9. The van der Waals surface area contributed by atoms with E-state index < -0.39 is 17.3 Å². The van der Waals surface area contributed by atoms with E-state index in [0.29, 0.717) is 49.7 Å². The van der Waals surface area contributed by atoms with Gasteiger partial charge in [0, 0.05) is 41.9 Å². The predicted molar refractivity (Wildman–Crippen MR) is 144 cm³/mol. The topological polar surface area (TPSA) is 58.6 Å². The van der Waals surface area contributed by atoms with Crippen LogP contribution < -0.4 is 4.90 Å². The number of aromatic nitrogens is 2. The fourth-order valence-corrected chi connectivity index (χ4v) is 4.58. The van der Waals surface area contributed by atoms with Gasteiger partial charge in [-0.15, -0.1) is 0 Å². The lowest BCUT2D eigenvalue weighted by Gasteiger charge is -2.39. The number of likely N-dealkylation sites (tertiary alicyclic amines) is 1. The zero-order valence-electron chi connectivity index (χ0n) is 21.5. The molecule has 0 aliphatic carbocycles. The van der Waals surface area contributed by atoms with Crippen molar-refractivity contribution in [3.8, 4) is 11.3 Å². The van der Waals surface area contributed by atoms with Gasteiger partial charge in [0.25, 0.3) is 0 Å². The number of halogens is 4. The largest absolute Gasteiger partial charge is 0.444 e. The predicted octanol–water partition coefficient (Wildman–Crippen LogP) is 7.33. The molecule has 1 fully saturated rings. The lowest BCUT2D eigenvalue weighted by atomic mass is 10.0. The zero-order valence-corrected chi connectivity index (χ0v) is 23.1. The highest BCUT2D eigenvalue weighted by molar-refractivity contribution is 9.10. The third kappa shape index (κ3) is 7.24. The van der Waals surface area contributed by atoms with E-state index in [2.05, 4.69) is 25.8 Å². The van der Waals surface area contributed by atoms with Crippen molar-refractivity contribution in [2.24, 2.45) is 0 Å². The maximum atomic E-state index is 13.0. The second kappa shape index (κ2) is 11.3. The molecule has 1 aliphatic rings. The van der Waals surface area contributed by atoms with Gasteiger partial charge >= 0.3 is 12.3 Å². The summed E-state index contributed by atoms with van der Waals surface area (Å²) in [4.78, 5) is 25.7. The highest BCUT2D eigenvalue weighted by Crippen LogP contribution is 2.31. The van der Waals surface area contributed by atoms with Crippen molar-refractivity contribution in [2.75, 3.05) is 18.0 Å². The molecule has 3 aromatic rings. The number of piperidine rings is 1. The van der Waals surface area contributed by atoms with Gasteiger partial charge in [0.15, 0.2) is 0 Å². The second-order valence-electron chi connectivity index (χ2n) is 10.3. The molecule has 0 N–H and O–H groups in total. The van der Waals surface area contributed by atoms with Gasteiger partial charge in [0.2, 0.25) is 5.95 Å². The standard InChI is InChI=1S/C28H30BrF3N4O2/c1-27(2,3)38-26(37)35-16-13-23(14-17-35)36(18-19-4-10-22(29)11-5-19)25-33-15-12-24(34-25)20-6-8-21(9-7-20)28(30,31)32/h4-12,15,23H,13-14,16-18H2,1-3H3. The molecule has 0 atom stereocenters. The van der Waals surface area contributed by atoms with E-state index in [1.807, 2.05) is 45.0 Å². The molecule has 1 aromatic heterocycles. The van der Waals surface area contributed by atoms with E-state index >= 15 is 0 Å². The van der Waals surface area contributed by atoms with Crippen molar-refractivity contribution in [3.63, 3.8) is 0 Å². The highest BCUT2D eigenvalue weighted by Gasteiger charge is 2.32. The summed E-state index contributed by atoms with van der Waals surface area (Å²) in [6, 6.07) is 14.7. The zero-order chi connectivity index (χ0) is 27.5. The lowest BCUT2D eigenvalue weighted by Crippen LogP contribution is -2.48. The number of carbonyl (C=O) groups excluding carboxylic acids is 1. The van der Waals surface area contributed by atoms with Gasteiger partial charge in [-0.1, -0.05) is 40.2 Å². The number of ether oxygens (including phenoxy) is 1. The first-order valence-corrected chi connectivity index (χ1v) is 13.2. The number of anilines is 1. The van der Waals surface area contributed by atoms with Gasteiger partial charge in [0.05, 0.1) is 11.3 Å². The third-order valence-corrected chi connectivity index (χ3v) is 6.76. The van der Waals surface area contributed by atoms with Crippen molar-refractivity contribution in [1.29, 1.82) is 0 Å². The molecule has 1 saturated heterocycles. The molecule has 0 unspecified atom stereocenters. The van der Waals surface area contributed by atoms with Crippen molar-refractivity contribution >= 4 is 28.0 Å². The Morgan fingerprint density at radius 2 is 1.66 bits per heavy atom. The minimum absolute atomic E-state index is 0.0557. The van der Waals surface area contributed by atoms with Gasteiger partial charge in [-0.3, -0.25) is 0 Å². The van der Waals surface area contributed by atoms with Crippen molar-refractivity contribution in [2.45, 2.75) is 58.0 Å². The molecule has 0 saturated carbocycles. The molecule has 1 aliphatic heterocycles. The summed E-state index contributed by atoms with van der Waals surface area (Å²) in [7, 11) is 0. The maximum absolute atomic E-state index is 13.0. The first-order chi connectivity index (χ1) is 17.9. The van der Waals surface area contributed by atoms with E-state index in [-0.39, 0.29) is 12.1 Å². The molecule has 0 spiro atoms. The summed E-state index contributed by atoms with van der Waals surface area (Å²) >= 11 is 3.47. The monoisotopic (exact) mass is 590 g/mol. The molecular weight excluding hydrogens is 561 g/mol. The average Bonchev–Trinajstić information content (AvgIpc) is 2.87. The normalized spacial score (nSPS) is 14.9. The third-order valence-electron chi connectivity index (χ3n) is 6.23. The van der Waals surface area contributed by atoms with Crippen LogP contribution in [0.15, 0.2) is 65.3 Å². The van der Waals surface area contributed by atoms with Gasteiger partial charge in [0.1, 0.15) is 5.60 Å². The van der Waals surface area contributed by atoms with Gasteiger partial charge < -0.3 is 14.5 Å². The van der Waals surface area contributed by atoms with Crippen LogP contribution in [0.25, 0.3) is 11.3 Å². The Hall–Kier alpha value is -3.14. The van der Waals surface area contributed by atoms with Gasteiger partial charge in [-0.05, 0) is 69.5 Å². The Morgan fingerprint density at radius 3 is 2.24 bits per heavy atom. The number of carbonyl (C=O) groups is 1. The maximum Gasteiger partial charge on any atom is 0.416 e. The Kier molecular flexibility index (Phi) is 8.30. The minimum Gasteiger partial charge on any atom is -0.444 e. The van der Waals surface area contributed by atoms with E-state index in [4.69, 9.17) is 9.72 Å². The molecule has 38 heavy (non-hydrogen) atoms. The van der Waals surface area contributed by atoms with Crippen LogP contribution in [-0.2, 0) is 17.5 Å². The summed E-state index contributed by atoms with van der Waals surface area (Å²) in [6.45, 7) is 7.15. The molecule has 202 valence electrons. The van der Waals surface area contributed by atoms with Crippen LogP contribution in [0.5, 0.6) is 0 Å². The van der Waals surface area contributed by atoms with Crippen LogP contribution in [0.4, 0.5) is 23.9 Å². The number of hydrogen-bond donors (Lipinski definition) is 0. The summed E-state index contributed by atoms with van der Waals surface area (Å²) in [5.41, 5.74) is 0.907. The number of alkyl halides is 3. The molecule has 2 aromatic carbocycles. The fraction of sp³-hybridized carbons (Fsp3) is 0.393. The molecule has 10 heteroatoms. The number of nitrogens with zero attached hydrogens (tertiary/aromatic N) is 4.